The Morgan fingerprint density at radius 2 is 1.76 bits per heavy atom. The van der Waals surface area contributed by atoms with Gasteiger partial charge in [-0.25, -0.2) is 0 Å². The van der Waals surface area contributed by atoms with Gasteiger partial charge in [0.1, 0.15) is 0 Å². The second kappa shape index (κ2) is 5.60. The van der Waals surface area contributed by atoms with E-state index in [0.717, 1.165) is 38.3 Å². The summed E-state index contributed by atoms with van der Waals surface area (Å²) in [5.41, 5.74) is 0. The van der Waals surface area contributed by atoms with E-state index >= 15 is 0 Å². The van der Waals surface area contributed by atoms with Crippen molar-refractivity contribution in [1.29, 1.82) is 0 Å². The molecular weight excluding hydrogens is 234 g/mol. The highest BCUT2D eigenvalue weighted by atomic mass is 35.5. The minimum absolute atomic E-state index is 0.255. The van der Waals surface area contributed by atoms with E-state index < -0.39 is 0 Å². The van der Waals surface area contributed by atoms with Crippen LogP contribution in [0.15, 0.2) is 0 Å². The van der Waals surface area contributed by atoms with Crippen molar-refractivity contribution in [1.82, 2.24) is 4.90 Å². The minimum atomic E-state index is 0.255. The predicted molar refractivity (Wildman–Crippen MR) is 71.1 cm³/mol. The van der Waals surface area contributed by atoms with Crippen molar-refractivity contribution in [2.45, 2.75) is 51.3 Å². The SMILES string of the molecule is CC1CCC(C(=O)N2CCC(Cl)C(C)C2)CC1. The number of hydrogen-bond acceptors (Lipinski definition) is 1. The molecule has 0 N–H and O–H groups in total. The molecule has 2 fully saturated rings. The molecule has 1 saturated heterocycles. The Labute approximate surface area is 110 Å². The number of carbonyl (C=O) groups excluding carboxylic acids is 1. The molecule has 2 aliphatic rings. The first-order valence-corrected chi connectivity index (χ1v) is 7.44. The first-order chi connectivity index (χ1) is 8.08. The number of carbonyl (C=O) groups is 1. The fourth-order valence-electron chi connectivity index (χ4n) is 3.08. The van der Waals surface area contributed by atoms with Gasteiger partial charge in [-0.05, 0) is 43.9 Å². The van der Waals surface area contributed by atoms with Crippen molar-refractivity contribution < 1.29 is 4.79 Å². The van der Waals surface area contributed by atoms with E-state index in [1.54, 1.807) is 0 Å². The van der Waals surface area contributed by atoms with Gasteiger partial charge in [0.2, 0.25) is 5.91 Å². The molecule has 0 bridgehead atoms. The van der Waals surface area contributed by atoms with Crippen molar-refractivity contribution >= 4 is 17.5 Å². The number of halogens is 1. The maximum absolute atomic E-state index is 12.4. The molecule has 1 saturated carbocycles. The minimum Gasteiger partial charge on any atom is -0.342 e. The number of rotatable bonds is 1. The first kappa shape index (κ1) is 13.2. The van der Waals surface area contributed by atoms with Gasteiger partial charge in [0.15, 0.2) is 0 Å². The zero-order valence-electron chi connectivity index (χ0n) is 11.0. The molecule has 3 heteroatoms. The summed E-state index contributed by atoms with van der Waals surface area (Å²) in [5, 5.41) is 0.255. The fraction of sp³-hybridized carbons (Fsp3) is 0.929. The number of alkyl halides is 1. The Morgan fingerprint density at radius 3 is 2.35 bits per heavy atom. The smallest absolute Gasteiger partial charge is 0.225 e. The highest BCUT2D eigenvalue weighted by Gasteiger charge is 2.32. The molecule has 98 valence electrons. The van der Waals surface area contributed by atoms with Gasteiger partial charge in [-0.3, -0.25) is 4.79 Å². The van der Waals surface area contributed by atoms with Crippen molar-refractivity contribution in [2.24, 2.45) is 17.8 Å². The molecule has 0 aromatic carbocycles. The largest absolute Gasteiger partial charge is 0.342 e. The highest BCUT2D eigenvalue weighted by molar-refractivity contribution is 6.20. The predicted octanol–water partition coefficient (Wildman–Crippen LogP) is 3.29. The molecular formula is C14H24ClNO. The Morgan fingerprint density at radius 1 is 1.12 bits per heavy atom. The normalized spacial score (nSPS) is 39.1. The van der Waals surface area contributed by atoms with Gasteiger partial charge in [-0.2, -0.15) is 0 Å². The van der Waals surface area contributed by atoms with Crippen LogP contribution in [0.3, 0.4) is 0 Å². The van der Waals surface area contributed by atoms with Crippen LogP contribution in [0, 0.1) is 17.8 Å². The molecule has 2 nitrogen and oxygen atoms in total. The summed E-state index contributed by atoms with van der Waals surface area (Å²) >= 11 is 6.20. The van der Waals surface area contributed by atoms with Crippen molar-refractivity contribution in [2.75, 3.05) is 13.1 Å². The van der Waals surface area contributed by atoms with Gasteiger partial charge in [0, 0.05) is 24.4 Å². The topological polar surface area (TPSA) is 20.3 Å². The lowest BCUT2D eigenvalue weighted by Gasteiger charge is -2.37. The monoisotopic (exact) mass is 257 g/mol. The maximum Gasteiger partial charge on any atom is 0.225 e. The van der Waals surface area contributed by atoms with Crippen molar-refractivity contribution in [3.8, 4) is 0 Å². The summed E-state index contributed by atoms with van der Waals surface area (Å²) in [5.74, 6) is 1.95. The Hall–Kier alpha value is -0.240. The Bertz CT molecular complexity index is 273. The molecule has 1 amide bonds. The van der Waals surface area contributed by atoms with Gasteiger partial charge in [-0.1, -0.05) is 13.8 Å². The van der Waals surface area contributed by atoms with E-state index in [2.05, 4.69) is 18.7 Å². The summed E-state index contributed by atoms with van der Waals surface area (Å²) in [4.78, 5) is 14.5. The van der Waals surface area contributed by atoms with Crippen molar-refractivity contribution in [3.63, 3.8) is 0 Å². The van der Waals surface area contributed by atoms with Crippen LogP contribution < -0.4 is 0 Å². The lowest BCUT2D eigenvalue weighted by molar-refractivity contribution is -0.138. The molecule has 1 heterocycles. The third-order valence-electron chi connectivity index (χ3n) is 4.48. The Balaban J connectivity index is 1.87. The summed E-state index contributed by atoms with van der Waals surface area (Å²) < 4.78 is 0. The van der Waals surface area contributed by atoms with Crippen LogP contribution in [0.5, 0.6) is 0 Å². The molecule has 2 rings (SSSR count). The first-order valence-electron chi connectivity index (χ1n) is 7.00. The third kappa shape index (κ3) is 3.15. The lowest BCUT2D eigenvalue weighted by atomic mass is 9.82. The number of hydrogen-bond donors (Lipinski definition) is 0. The van der Waals surface area contributed by atoms with E-state index in [0.29, 0.717) is 17.7 Å². The second-order valence-electron chi connectivity index (χ2n) is 6.02. The van der Waals surface area contributed by atoms with Crippen LogP contribution in [0.1, 0.15) is 46.0 Å². The van der Waals surface area contributed by atoms with Crippen LogP contribution in [-0.2, 0) is 4.79 Å². The van der Waals surface area contributed by atoms with Crippen LogP contribution >= 0.6 is 11.6 Å². The third-order valence-corrected chi connectivity index (χ3v) is 5.13. The van der Waals surface area contributed by atoms with Crippen LogP contribution in [-0.4, -0.2) is 29.3 Å². The average Bonchev–Trinajstić information content (AvgIpc) is 2.33. The molecule has 0 radical (unpaired) electrons. The van der Waals surface area contributed by atoms with Crippen LogP contribution in [0.2, 0.25) is 0 Å². The molecule has 17 heavy (non-hydrogen) atoms. The standard InChI is InChI=1S/C14H24ClNO/c1-10-3-5-12(6-4-10)14(17)16-8-7-13(15)11(2)9-16/h10-13H,3-9H2,1-2H3. The maximum atomic E-state index is 12.4. The molecule has 2 atom stereocenters. The van der Waals surface area contributed by atoms with E-state index in [1.807, 2.05) is 0 Å². The van der Waals surface area contributed by atoms with E-state index in [4.69, 9.17) is 11.6 Å². The molecule has 1 aliphatic heterocycles. The quantitative estimate of drug-likeness (QED) is 0.660. The summed E-state index contributed by atoms with van der Waals surface area (Å²) in [7, 11) is 0. The fourth-order valence-corrected chi connectivity index (χ4v) is 3.26. The second-order valence-corrected chi connectivity index (χ2v) is 6.58. The molecule has 0 aromatic heterocycles. The molecule has 0 spiro atoms. The summed E-state index contributed by atoms with van der Waals surface area (Å²) in [6.45, 7) is 6.17. The van der Waals surface area contributed by atoms with E-state index in [1.165, 1.54) is 12.8 Å². The van der Waals surface area contributed by atoms with Gasteiger partial charge in [-0.15, -0.1) is 11.6 Å². The van der Waals surface area contributed by atoms with Crippen LogP contribution in [0.25, 0.3) is 0 Å². The van der Waals surface area contributed by atoms with E-state index in [-0.39, 0.29) is 5.38 Å². The number of likely N-dealkylation sites (tertiary alicyclic amines) is 1. The Kier molecular flexibility index (Phi) is 4.35. The summed E-state index contributed by atoms with van der Waals surface area (Å²) in [6.07, 6.45) is 5.58. The van der Waals surface area contributed by atoms with Crippen molar-refractivity contribution in [3.05, 3.63) is 0 Å². The van der Waals surface area contributed by atoms with Gasteiger partial charge in [0.25, 0.3) is 0 Å². The number of nitrogens with zero attached hydrogens (tertiary/aromatic N) is 1. The van der Waals surface area contributed by atoms with E-state index in [9.17, 15) is 4.79 Å². The van der Waals surface area contributed by atoms with Gasteiger partial charge >= 0.3 is 0 Å². The van der Waals surface area contributed by atoms with Gasteiger partial charge in [0.05, 0.1) is 0 Å². The number of piperidine rings is 1. The summed E-state index contributed by atoms with van der Waals surface area (Å²) in [6, 6.07) is 0. The lowest BCUT2D eigenvalue weighted by Crippen LogP contribution is -2.46. The average molecular weight is 258 g/mol. The zero-order chi connectivity index (χ0) is 12.4. The van der Waals surface area contributed by atoms with Gasteiger partial charge < -0.3 is 4.90 Å². The zero-order valence-corrected chi connectivity index (χ0v) is 11.7. The van der Waals surface area contributed by atoms with Crippen LogP contribution in [0.4, 0.5) is 0 Å². The molecule has 1 aliphatic carbocycles. The molecule has 2 unspecified atom stereocenters. The molecule has 0 aromatic rings. The highest BCUT2D eigenvalue weighted by Crippen LogP contribution is 2.31. The number of amides is 1.